The smallest absolute Gasteiger partial charge is 0.313 e. The highest BCUT2D eigenvalue weighted by atomic mass is 16.5. The van der Waals surface area contributed by atoms with Crippen molar-refractivity contribution in [3.05, 3.63) is 12.3 Å². The number of carbonyl (C=O) groups excluding carboxylic acids is 1. The molecule has 166 valence electrons. The SMILES string of the molecule is CCCCCCCCCCCCCCCC=COC(=O)C(C)CCCCCC. The summed E-state index contributed by atoms with van der Waals surface area (Å²) in [7, 11) is 0. The number of esters is 1. The van der Waals surface area contributed by atoms with Gasteiger partial charge in [0, 0.05) is 0 Å². The highest BCUT2D eigenvalue weighted by molar-refractivity contribution is 5.72. The van der Waals surface area contributed by atoms with Crippen LogP contribution in [0.3, 0.4) is 0 Å². The monoisotopic (exact) mass is 394 g/mol. The van der Waals surface area contributed by atoms with Crippen molar-refractivity contribution in [3.8, 4) is 0 Å². The predicted octanol–water partition coefficient (Wildman–Crippen LogP) is 9.13. The summed E-state index contributed by atoms with van der Waals surface area (Å²) in [5.74, 6) is -0.0454. The largest absolute Gasteiger partial charge is 0.435 e. The Bertz CT molecular complexity index is 348. The minimum atomic E-state index is -0.0712. The normalized spacial score (nSPS) is 12.5. The Kier molecular flexibility index (Phi) is 21.9. The van der Waals surface area contributed by atoms with E-state index >= 15 is 0 Å². The zero-order chi connectivity index (χ0) is 20.7. The second kappa shape index (κ2) is 22.5. The van der Waals surface area contributed by atoms with E-state index in [0.29, 0.717) is 0 Å². The number of hydrogen-bond acceptors (Lipinski definition) is 2. The Morgan fingerprint density at radius 3 is 1.61 bits per heavy atom. The molecule has 1 atom stereocenters. The molecule has 0 aliphatic heterocycles. The van der Waals surface area contributed by atoms with E-state index in [1.54, 1.807) is 6.26 Å². The lowest BCUT2D eigenvalue weighted by molar-refractivity contribution is -0.142. The molecule has 0 aromatic rings. The number of carbonyl (C=O) groups is 1. The lowest BCUT2D eigenvalue weighted by Crippen LogP contribution is -2.11. The van der Waals surface area contributed by atoms with Crippen molar-refractivity contribution in [3.63, 3.8) is 0 Å². The van der Waals surface area contributed by atoms with Gasteiger partial charge in [0.1, 0.15) is 0 Å². The van der Waals surface area contributed by atoms with Crippen LogP contribution in [0.15, 0.2) is 12.3 Å². The maximum Gasteiger partial charge on any atom is 0.313 e. The van der Waals surface area contributed by atoms with Crippen LogP contribution < -0.4 is 0 Å². The Labute approximate surface area is 176 Å². The molecule has 0 aliphatic rings. The van der Waals surface area contributed by atoms with E-state index < -0.39 is 0 Å². The minimum absolute atomic E-state index is 0.0258. The van der Waals surface area contributed by atoms with Crippen LogP contribution in [0.1, 0.15) is 143 Å². The van der Waals surface area contributed by atoms with Gasteiger partial charge in [0.25, 0.3) is 0 Å². The van der Waals surface area contributed by atoms with Crippen molar-refractivity contribution in [1.82, 2.24) is 0 Å². The van der Waals surface area contributed by atoms with Crippen molar-refractivity contribution in [2.24, 2.45) is 5.92 Å². The molecule has 0 aromatic heterocycles. The molecule has 0 aromatic carbocycles. The fourth-order valence-corrected chi connectivity index (χ4v) is 3.57. The van der Waals surface area contributed by atoms with Gasteiger partial charge in [0.05, 0.1) is 12.2 Å². The number of hydrogen-bond donors (Lipinski definition) is 0. The van der Waals surface area contributed by atoms with E-state index in [1.807, 2.05) is 13.0 Å². The number of rotatable bonds is 21. The van der Waals surface area contributed by atoms with Crippen LogP contribution in [0.2, 0.25) is 0 Å². The molecule has 0 heterocycles. The van der Waals surface area contributed by atoms with Crippen molar-refractivity contribution in [2.75, 3.05) is 0 Å². The number of unbranched alkanes of at least 4 members (excludes halogenated alkanes) is 16. The third-order valence-corrected chi connectivity index (χ3v) is 5.65. The van der Waals surface area contributed by atoms with E-state index in [0.717, 1.165) is 19.3 Å². The Morgan fingerprint density at radius 1 is 0.679 bits per heavy atom. The molecular weight excluding hydrogens is 344 g/mol. The highest BCUT2D eigenvalue weighted by Gasteiger charge is 2.12. The van der Waals surface area contributed by atoms with Crippen molar-refractivity contribution in [1.29, 1.82) is 0 Å². The van der Waals surface area contributed by atoms with E-state index in [2.05, 4.69) is 13.8 Å². The second-order valence-electron chi connectivity index (χ2n) is 8.59. The zero-order valence-electron chi connectivity index (χ0n) is 19.5. The molecular formula is C26H50O2. The topological polar surface area (TPSA) is 26.3 Å². The zero-order valence-corrected chi connectivity index (χ0v) is 19.5. The summed E-state index contributed by atoms with van der Waals surface area (Å²) in [6.45, 7) is 6.47. The first kappa shape index (κ1) is 27.2. The molecule has 0 bridgehead atoms. The predicted molar refractivity (Wildman–Crippen MR) is 123 cm³/mol. The van der Waals surface area contributed by atoms with Crippen LogP contribution >= 0.6 is 0 Å². The summed E-state index contributed by atoms with van der Waals surface area (Å²) in [5.41, 5.74) is 0. The van der Waals surface area contributed by atoms with Gasteiger partial charge < -0.3 is 4.74 Å². The number of ether oxygens (including phenoxy) is 1. The van der Waals surface area contributed by atoms with Crippen LogP contribution in [0.4, 0.5) is 0 Å². The molecule has 0 spiro atoms. The molecule has 2 heteroatoms. The molecule has 0 saturated heterocycles. The van der Waals surface area contributed by atoms with Gasteiger partial charge in [-0.2, -0.15) is 0 Å². The Hall–Kier alpha value is -0.790. The molecule has 0 saturated carbocycles. The quantitative estimate of drug-likeness (QED) is 0.110. The molecule has 0 N–H and O–H groups in total. The molecule has 0 radical (unpaired) electrons. The molecule has 1 unspecified atom stereocenters. The van der Waals surface area contributed by atoms with Crippen molar-refractivity contribution >= 4 is 5.97 Å². The van der Waals surface area contributed by atoms with E-state index in [-0.39, 0.29) is 11.9 Å². The van der Waals surface area contributed by atoms with Gasteiger partial charge in [-0.05, 0) is 25.3 Å². The van der Waals surface area contributed by atoms with Crippen molar-refractivity contribution < 1.29 is 9.53 Å². The fraction of sp³-hybridized carbons (Fsp3) is 0.885. The maximum absolute atomic E-state index is 11.9. The standard InChI is InChI=1S/C26H50O2/c1-4-6-8-10-11-12-13-14-15-16-17-18-19-20-22-24-28-26(27)25(3)23-21-9-7-5-2/h22,24-25H,4-21,23H2,1-3H3. The van der Waals surface area contributed by atoms with Gasteiger partial charge in [-0.25, -0.2) is 0 Å². The van der Waals surface area contributed by atoms with E-state index in [9.17, 15) is 4.79 Å². The second-order valence-corrected chi connectivity index (χ2v) is 8.59. The van der Waals surface area contributed by atoms with Gasteiger partial charge in [-0.1, -0.05) is 124 Å². The summed E-state index contributed by atoms with van der Waals surface area (Å²) < 4.78 is 5.25. The molecule has 0 fully saturated rings. The van der Waals surface area contributed by atoms with Gasteiger partial charge >= 0.3 is 5.97 Å². The van der Waals surface area contributed by atoms with Crippen LogP contribution in [0.5, 0.6) is 0 Å². The lowest BCUT2D eigenvalue weighted by atomic mass is 10.0. The molecule has 0 rings (SSSR count). The van der Waals surface area contributed by atoms with Crippen molar-refractivity contribution in [2.45, 2.75) is 143 Å². The molecule has 0 aliphatic carbocycles. The minimum Gasteiger partial charge on any atom is -0.435 e. The Morgan fingerprint density at radius 2 is 1.11 bits per heavy atom. The summed E-state index contributed by atoms with van der Waals surface area (Å²) in [4.78, 5) is 11.9. The first-order valence-corrected chi connectivity index (χ1v) is 12.6. The average molecular weight is 395 g/mol. The third-order valence-electron chi connectivity index (χ3n) is 5.65. The fourth-order valence-electron chi connectivity index (χ4n) is 3.57. The summed E-state index contributed by atoms with van der Waals surface area (Å²) >= 11 is 0. The summed E-state index contributed by atoms with van der Waals surface area (Å²) in [6, 6.07) is 0. The highest BCUT2D eigenvalue weighted by Crippen LogP contribution is 2.14. The van der Waals surface area contributed by atoms with Crippen LogP contribution in [0, 0.1) is 5.92 Å². The van der Waals surface area contributed by atoms with Gasteiger partial charge in [-0.3, -0.25) is 4.79 Å². The van der Waals surface area contributed by atoms with E-state index in [4.69, 9.17) is 4.74 Å². The summed E-state index contributed by atoms with van der Waals surface area (Å²) in [5, 5.41) is 0. The Balaban J connectivity index is 3.32. The van der Waals surface area contributed by atoms with Gasteiger partial charge in [-0.15, -0.1) is 0 Å². The number of allylic oxidation sites excluding steroid dienone is 1. The first-order chi connectivity index (χ1) is 13.7. The van der Waals surface area contributed by atoms with E-state index in [1.165, 1.54) is 103 Å². The van der Waals surface area contributed by atoms with Gasteiger partial charge in [0.15, 0.2) is 0 Å². The lowest BCUT2D eigenvalue weighted by Gasteiger charge is -2.08. The molecule has 2 nitrogen and oxygen atoms in total. The first-order valence-electron chi connectivity index (χ1n) is 12.6. The molecule has 28 heavy (non-hydrogen) atoms. The summed E-state index contributed by atoms with van der Waals surface area (Å²) in [6.07, 6.45) is 28.4. The average Bonchev–Trinajstić information content (AvgIpc) is 2.70. The van der Waals surface area contributed by atoms with Crippen LogP contribution in [-0.4, -0.2) is 5.97 Å². The third kappa shape index (κ3) is 20.0. The molecule has 0 amide bonds. The van der Waals surface area contributed by atoms with Crippen LogP contribution in [0.25, 0.3) is 0 Å². The van der Waals surface area contributed by atoms with Crippen LogP contribution in [-0.2, 0) is 9.53 Å². The maximum atomic E-state index is 11.9. The van der Waals surface area contributed by atoms with Gasteiger partial charge in [0.2, 0.25) is 0 Å².